The molecule has 1 saturated heterocycles. The molecule has 0 bridgehead atoms. The van der Waals surface area contributed by atoms with Gasteiger partial charge in [0, 0.05) is 31.7 Å². The van der Waals surface area contributed by atoms with E-state index in [1.165, 1.54) is 6.07 Å². The lowest BCUT2D eigenvalue weighted by molar-refractivity contribution is -0.384. The first-order valence-corrected chi connectivity index (χ1v) is 7.33. The van der Waals surface area contributed by atoms with Gasteiger partial charge >= 0.3 is 0 Å². The molecule has 1 aliphatic rings. The topological polar surface area (TPSA) is 81.6 Å². The molecule has 3 atom stereocenters. The van der Waals surface area contributed by atoms with E-state index in [2.05, 4.69) is 4.90 Å². The Morgan fingerprint density at radius 1 is 1.48 bits per heavy atom. The molecule has 0 amide bonds. The number of nitrogens with two attached hydrogens (primary N) is 1. The Bertz CT molecular complexity index is 516. The molecule has 116 valence electrons. The molecule has 1 aliphatic heterocycles. The number of morpholine rings is 1. The Morgan fingerprint density at radius 3 is 2.62 bits per heavy atom. The van der Waals surface area contributed by atoms with E-state index in [-0.39, 0.29) is 29.0 Å². The third-order valence-electron chi connectivity index (χ3n) is 3.66. The summed E-state index contributed by atoms with van der Waals surface area (Å²) in [7, 11) is 0. The number of rotatable bonds is 4. The molecule has 3 unspecified atom stereocenters. The second-order valence-corrected chi connectivity index (χ2v) is 5.84. The number of hydrogen-bond donors (Lipinski definition) is 1. The summed E-state index contributed by atoms with van der Waals surface area (Å²) in [5.41, 5.74) is 6.64. The van der Waals surface area contributed by atoms with E-state index in [4.69, 9.17) is 22.1 Å². The zero-order valence-corrected chi connectivity index (χ0v) is 12.9. The first-order valence-electron chi connectivity index (χ1n) is 6.95. The van der Waals surface area contributed by atoms with E-state index in [0.717, 1.165) is 18.7 Å². The molecule has 0 spiro atoms. The van der Waals surface area contributed by atoms with Crippen molar-refractivity contribution in [3.63, 3.8) is 0 Å². The highest BCUT2D eigenvalue weighted by Crippen LogP contribution is 2.31. The van der Waals surface area contributed by atoms with Crippen LogP contribution < -0.4 is 5.73 Å². The molecule has 2 N–H and O–H groups in total. The number of halogens is 1. The minimum Gasteiger partial charge on any atom is -0.373 e. The van der Waals surface area contributed by atoms with Gasteiger partial charge in [-0.3, -0.25) is 15.0 Å². The molecule has 0 aromatic heterocycles. The normalized spacial score (nSPS) is 24.8. The number of nitro benzene ring substituents is 1. The maximum atomic E-state index is 11.0. The van der Waals surface area contributed by atoms with E-state index in [1.807, 2.05) is 13.8 Å². The van der Waals surface area contributed by atoms with E-state index in [9.17, 15) is 10.1 Å². The Morgan fingerprint density at radius 2 is 2.10 bits per heavy atom. The van der Waals surface area contributed by atoms with Crippen molar-refractivity contribution in [2.45, 2.75) is 32.1 Å². The SMILES string of the molecule is CC1CN(C(CN)c2ccc(Cl)c([N+](=O)[O-])c2)CC(C)O1. The van der Waals surface area contributed by atoms with Crippen molar-refractivity contribution in [2.24, 2.45) is 5.73 Å². The van der Waals surface area contributed by atoms with Gasteiger partial charge in [0.1, 0.15) is 5.02 Å². The van der Waals surface area contributed by atoms with Gasteiger partial charge in [-0.05, 0) is 25.5 Å². The summed E-state index contributed by atoms with van der Waals surface area (Å²) in [5, 5.41) is 11.2. The van der Waals surface area contributed by atoms with Crippen molar-refractivity contribution in [1.29, 1.82) is 0 Å². The summed E-state index contributed by atoms with van der Waals surface area (Å²) in [4.78, 5) is 12.8. The van der Waals surface area contributed by atoms with Crippen LogP contribution in [0.25, 0.3) is 0 Å². The monoisotopic (exact) mass is 313 g/mol. The number of nitrogens with zero attached hydrogens (tertiary/aromatic N) is 2. The molecule has 2 rings (SSSR count). The van der Waals surface area contributed by atoms with Gasteiger partial charge in [0.2, 0.25) is 0 Å². The summed E-state index contributed by atoms with van der Waals surface area (Å²) in [6.07, 6.45) is 0.232. The van der Waals surface area contributed by atoms with Crippen LogP contribution in [-0.4, -0.2) is 41.7 Å². The molecule has 0 saturated carbocycles. The highest BCUT2D eigenvalue weighted by Gasteiger charge is 2.29. The molecule has 1 fully saturated rings. The van der Waals surface area contributed by atoms with Crippen LogP contribution in [0.3, 0.4) is 0 Å². The van der Waals surface area contributed by atoms with Crippen LogP contribution in [0.4, 0.5) is 5.69 Å². The van der Waals surface area contributed by atoms with Gasteiger partial charge < -0.3 is 10.5 Å². The average molecular weight is 314 g/mol. The van der Waals surface area contributed by atoms with Crippen molar-refractivity contribution < 1.29 is 9.66 Å². The Balaban J connectivity index is 2.28. The molecule has 21 heavy (non-hydrogen) atoms. The van der Waals surface area contributed by atoms with Crippen molar-refractivity contribution in [3.05, 3.63) is 38.9 Å². The van der Waals surface area contributed by atoms with Crippen molar-refractivity contribution >= 4 is 17.3 Å². The lowest BCUT2D eigenvalue weighted by Crippen LogP contribution is -2.48. The lowest BCUT2D eigenvalue weighted by Gasteiger charge is -2.40. The van der Waals surface area contributed by atoms with Crippen LogP contribution in [0.2, 0.25) is 5.02 Å². The second kappa shape index (κ2) is 6.70. The third kappa shape index (κ3) is 3.71. The molecule has 1 aromatic rings. The fraction of sp³-hybridized carbons (Fsp3) is 0.571. The Hall–Kier alpha value is -1.21. The minimum atomic E-state index is -0.468. The zero-order valence-electron chi connectivity index (χ0n) is 12.2. The van der Waals surface area contributed by atoms with Crippen molar-refractivity contribution in [1.82, 2.24) is 4.90 Å². The van der Waals surface area contributed by atoms with Crippen LogP contribution >= 0.6 is 11.6 Å². The lowest BCUT2D eigenvalue weighted by atomic mass is 10.0. The van der Waals surface area contributed by atoms with Crippen LogP contribution in [0.1, 0.15) is 25.5 Å². The zero-order chi connectivity index (χ0) is 15.6. The maximum Gasteiger partial charge on any atom is 0.288 e. The quantitative estimate of drug-likeness (QED) is 0.681. The van der Waals surface area contributed by atoms with Gasteiger partial charge in [-0.25, -0.2) is 0 Å². The Labute approximate surface area is 129 Å². The Kier molecular flexibility index (Phi) is 5.16. The van der Waals surface area contributed by atoms with Gasteiger partial charge in [0.25, 0.3) is 5.69 Å². The number of hydrogen-bond acceptors (Lipinski definition) is 5. The van der Waals surface area contributed by atoms with Gasteiger partial charge in [-0.2, -0.15) is 0 Å². The molecule has 1 heterocycles. The fourth-order valence-electron chi connectivity index (χ4n) is 2.84. The van der Waals surface area contributed by atoms with Gasteiger partial charge in [0.05, 0.1) is 17.1 Å². The fourth-order valence-corrected chi connectivity index (χ4v) is 3.03. The summed E-state index contributed by atoms with van der Waals surface area (Å²) in [6, 6.07) is 4.81. The van der Waals surface area contributed by atoms with E-state index < -0.39 is 4.92 Å². The minimum absolute atomic E-state index is 0.0743. The first kappa shape index (κ1) is 16.2. The average Bonchev–Trinajstić information content (AvgIpc) is 2.40. The molecule has 6 nitrogen and oxygen atoms in total. The third-order valence-corrected chi connectivity index (χ3v) is 3.98. The summed E-state index contributed by atoms with van der Waals surface area (Å²) < 4.78 is 5.72. The first-order chi connectivity index (χ1) is 9.92. The standard InChI is InChI=1S/C14H20ClN3O3/c1-9-7-17(8-10(2)21-9)14(6-16)11-3-4-12(15)13(5-11)18(19)20/h3-5,9-10,14H,6-8,16H2,1-2H3. The second-order valence-electron chi connectivity index (χ2n) is 5.43. The number of benzene rings is 1. The van der Waals surface area contributed by atoms with E-state index in [1.54, 1.807) is 12.1 Å². The molecule has 0 aliphatic carbocycles. The predicted molar refractivity (Wildman–Crippen MR) is 81.5 cm³/mol. The van der Waals surface area contributed by atoms with Crippen molar-refractivity contribution in [2.75, 3.05) is 19.6 Å². The van der Waals surface area contributed by atoms with Crippen LogP contribution in [-0.2, 0) is 4.74 Å². The molecule has 7 heteroatoms. The largest absolute Gasteiger partial charge is 0.373 e. The summed E-state index contributed by atoms with van der Waals surface area (Å²) in [5.74, 6) is 0. The molecular formula is C14H20ClN3O3. The van der Waals surface area contributed by atoms with Gasteiger partial charge in [-0.1, -0.05) is 17.7 Å². The summed E-state index contributed by atoms with van der Waals surface area (Å²) >= 11 is 5.86. The molecule has 0 radical (unpaired) electrons. The van der Waals surface area contributed by atoms with E-state index >= 15 is 0 Å². The smallest absolute Gasteiger partial charge is 0.288 e. The van der Waals surface area contributed by atoms with E-state index in [0.29, 0.717) is 6.54 Å². The molecular weight excluding hydrogens is 294 g/mol. The molecule has 1 aromatic carbocycles. The van der Waals surface area contributed by atoms with Crippen LogP contribution in [0.5, 0.6) is 0 Å². The van der Waals surface area contributed by atoms with Gasteiger partial charge in [0.15, 0.2) is 0 Å². The van der Waals surface area contributed by atoms with Gasteiger partial charge in [-0.15, -0.1) is 0 Å². The van der Waals surface area contributed by atoms with Crippen LogP contribution in [0, 0.1) is 10.1 Å². The highest BCUT2D eigenvalue weighted by molar-refractivity contribution is 6.32. The summed E-state index contributed by atoms with van der Waals surface area (Å²) in [6.45, 7) is 5.92. The van der Waals surface area contributed by atoms with Crippen molar-refractivity contribution in [3.8, 4) is 0 Å². The number of nitro groups is 1. The number of ether oxygens (including phenoxy) is 1. The maximum absolute atomic E-state index is 11.0. The predicted octanol–water partition coefficient (Wildman–Crippen LogP) is 2.36. The highest BCUT2D eigenvalue weighted by atomic mass is 35.5. The van der Waals surface area contributed by atoms with Crippen LogP contribution in [0.15, 0.2) is 18.2 Å².